The first-order valence-corrected chi connectivity index (χ1v) is 4.49. The molecule has 2 aromatic rings. The van der Waals surface area contributed by atoms with Crippen LogP contribution in [-0.4, -0.2) is 27.6 Å². The Kier molecular flexibility index (Phi) is 2.64. The predicted molar refractivity (Wildman–Crippen MR) is 53.4 cm³/mol. The summed E-state index contributed by atoms with van der Waals surface area (Å²) in [5.74, 6) is 0.632. The third kappa shape index (κ3) is 1.82. The monoisotopic (exact) mass is 205 g/mol. The van der Waals surface area contributed by atoms with E-state index in [0.29, 0.717) is 17.0 Å². The van der Waals surface area contributed by atoms with Gasteiger partial charge in [-0.3, -0.25) is 0 Å². The minimum absolute atomic E-state index is 0.472. The summed E-state index contributed by atoms with van der Waals surface area (Å²) in [6.45, 7) is 0. The summed E-state index contributed by atoms with van der Waals surface area (Å²) in [6.07, 6.45) is 0.664. The molecule has 0 radical (unpaired) electrons. The number of hydrogen-bond donors (Lipinski definition) is 2. The molecule has 0 fully saturated rings. The Morgan fingerprint density at radius 2 is 2.20 bits per heavy atom. The van der Waals surface area contributed by atoms with E-state index in [1.165, 1.54) is 6.20 Å². The van der Waals surface area contributed by atoms with Crippen LogP contribution in [0.2, 0.25) is 0 Å². The predicted octanol–water partition coefficient (Wildman–Crippen LogP) is 0.895. The second-order valence-electron chi connectivity index (χ2n) is 3.04. The van der Waals surface area contributed by atoms with Crippen LogP contribution in [0.5, 0.6) is 5.75 Å². The zero-order valence-corrected chi connectivity index (χ0v) is 8.21. The summed E-state index contributed by atoms with van der Waals surface area (Å²) < 4.78 is 5.15. The van der Waals surface area contributed by atoms with Crippen molar-refractivity contribution in [3.8, 4) is 5.75 Å². The van der Waals surface area contributed by atoms with Crippen molar-refractivity contribution in [3.05, 3.63) is 41.7 Å². The van der Waals surface area contributed by atoms with Crippen LogP contribution >= 0.6 is 0 Å². The number of H-pyrrole nitrogens is 1. The van der Waals surface area contributed by atoms with Crippen LogP contribution in [0.25, 0.3) is 0 Å². The highest BCUT2D eigenvalue weighted by Crippen LogP contribution is 2.27. The van der Waals surface area contributed by atoms with Crippen LogP contribution in [0.3, 0.4) is 0 Å². The minimum Gasteiger partial charge on any atom is -0.496 e. The number of rotatable bonds is 3. The fourth-order valence-corrected chi connectivity index (χ4v) is 1.39. The first-order chi connectivity index (χ1) is 7.33. The summed E-state index contributed by atoms with van der Waals surface area (Å²) in [5.41, 5.74) is 1.15. The quantitative estimate of drug-likeness (QED) is 0.780. The van der Waals surface area contributed by atoms with Crippen LogP contribution in [0.1, 0.15) is 17.4 Å². The molecule has 5 nitrogen and oxygen atoms in total. The number of benzene rings is 1. The molecule has 5 heteroatoms. The van der Waals surface area contributed by atoms with Crippen LogP contribution in [0, 0.1) is 0 Å². The summed E-state index contributed by atoms with van der Waals surface area (Å²) in [4.78, 5) is 0. The standard InChI is InChI=1S/C10H11N3O2/c1-15-9-5-3-2-4-7(9)10(14)8-6-11-13-12-8/h2-6,10,14H,1H3,(H,11,12,13). The fraction of sp³-hybridized carbons (Fsp3) is 0.200. The second-order valence-corrected chi connectivity index (χ2v) is 3.04. The van der Waals surface area contributed by atoms with Gasteiger partial charge >= 0.3 is 0 Å². The summed E-state index contributed by atoms with van der Waals surface area (Å²) >= 11 is 0. The van der Waals surface area contributed by atoms with Crippen LogP contribution in [0.15, 0.2) is 30.5 Å². The van der Waals surface area contributed by atoms with Gasteiger partial charge in [0.25, 0.3) is 0 Å². The molecule has 0 aliphatic carbocycles. The maximum absolute atomic E-state index is 9.99. The molecular formula is C10H11N3O2. The number of aliphatic hydroxyl groups is 1. The number of nitrogens with zero attached hydrogens (tertiary/aromatic N) is 2. The smallest absolute Gasteiger partial charge is 0.128 e. The number of ether oxygens (including phenoxy) is 1. The van der Waals surface area contributed by atoms with E-state index in [0.717, 1.165) is 0 Å². The van der Waals surface area contributed by atoms with Crippen molar-refractivity contribution < 1.29 is 9.84 Å². The molecule has 78 valence electrons. The average molecular weight is 205 g/mol. The summed E-state index contributed by atoms with van der Waals surface area (Å²) in [5, 5.41) is 19.9. The Labute approximate surface area is 86.7 Å². The molecule has 0 spiro atoms. The Bertz CT molecular complexity index is 428. The molecule has 0 saturated carbocycles. The van der Waals surface area contributed by atoms with Crippen molar-refractivity contribution in [1.82, 2.24) is 15.4 Å². The van der Waals surface area contributed by atoms with Gasteiger partial charge in [0, 0.05) is 5.56 Å². The Hall–Kier alpha value is -1.88. The molecule has 1 atom stereocenters. The van der Waals surface area contributed by atoms with Gasteiger partial charge in [-0.2, -0.15) is 15.4 Å². The van der Waals surface area contributed by atoms with Crippen LogP contribution in [-0.2, 0) is 0 Å². The molecular weight excluding hydrogens is 194 g/mol. The maximum atomic E-state index is 9.99. The summed E-state index contributed by atoms with van der Waals surface area (Å²) in [6, 6.07) is 7.26. The lowest BCUT2D eigenvalue weighted by Crippen LogP contribution is -2.02. The third-order valence-corrected chi connectivity index (χ3v) is 2.15. The average Bonchev–Trinajstić information content (AvgIpc) is 2.81. The number of hydrogen-bond acceptors (Lipinski definition) is 4. The highest BCUT2D eigenvalue weighted by atomic mass is 16.5. The van der Waals surface area contributed by atoms with Crippen molar-refractivity contribution >= 4 is 0 Å². The molecule has 0 saturated heterocycles. The van der Waals surface area contributed by atoms with Crippen LogP contribution in [0.4, 0.5) is 0 Å². The van der Waals surface area contributed by atoms with Gasteiger partial charge in [0.05, 0.1) is 13.3 Å². The van der Waals surface area contributed by atoms with E-state index >= 15 is 0 Å². The van der Waals surface area contributed by atoms with Crippen molar-refractivity contribution in [3.63, 3.8) is 0 Å². The molecule has 15 heavy (non-hydrogen) atoms. The number of aromatic amines is 1. The molecule has 0 bridgehead atoms. The first-order valence-electron chi connectivity index (χ1n) is 4.49. The Morgan fingerprint density at radius 3 is 2.87 bits per heavy atom. The lowest BCUT2D eigenvalue weighted by atomic mass is 10.1. The van der Waals surface area contributed by atoms with E-state index in [-0.39, 0.29) is 0 Å². The van der Waals surface area contributed by atoms with Gasteiger partial charge in [-0.1, -0.05) is 18.2 Å². The minimum atomic E-state index is -0.820. The van der Waals surface area contributed by atoms with E-state index < -0.39 is 6.10 Å². The Balaban J connectivity index is 2.37. The number of methoxy groups -OCH3 is 1. The van der Waals surface area contributed by atoms with Gasteiger partial charge in [-0.25, -0.2) is 0 Å². The van der Waals surface area contributed by atoms with E-state index in [1.807, 2.05) is 12.1 Å². The van der Waals surface area contributed by atoms with Crippen LogP contribution < -0.4 is 4.74 Å². The molecule has 0 aliphatic rings. The van der Waals surface area contributed by atoms with E-state index in [4.69, 9.17) is 4.74 Å². The number of aliphatic hydroxyl groups excluding tert-OH is 1. The van der Waals surface area contributed by atoms with Gasteiger partial charge in [-0.15, -0.1) is 0 Å². The SMILES string of the molecule is COc1ccccc1C(O)c1cn[nH]n1. The second kappa shape index (κ2) is 4.10. The Morgan fingerprint density at radius 1 is 1.40 bits per heavy atom. The molecule has 1 aromatic carbocycles. The van der Waals surface area contributed by atoms with Gasteiger partial charge < -0.3 is 9.84 Å². The van der Waals surface area contributed by atoms with E-state index in [2.05, 4.69) is 15.4 Å². The molecule has 1 aromatic heterocycles. The highest BCUT2D eigenvalue weighted by Gasteiger charge is 2.16. The zero-order valence-electron chi connectivity index (χ0n) is 8.21. The fourth-order valence-electron chi connectivity index (χ4n) is 1.39. The molecule has 1 heterocycles. The molecule has 2 N–H and O–H groups in total. The van der Waals surface area contributed by atoms with Crippen molar-refractivity contribution in [2.75, 3.05) is 7.11 Å². The lowest BCUT2D eigenvalue weighted by molar-refractivity contribution is 0.210. The normalized spacial score (nSPS) is 12.4. The topological polar surface area (TPSA) is 71.0 Å². The first kappa shape index (κ1) is 9.67. The summed E-state index contributed by atoms with van der Waals surface area (Å²) in [7, 11) is 1.56. The third-order valence-electron chi connectivity index (χ3n) is 2.15. The molecule has 0 aliphatic heterocycles. The van der Waals surface area contributed by atoms with Gasteiger partial charge in [-0.05, 0) is 6.07 Å². The maximum Gasteiger partial charge on any atom is 0.128 e. The van der Waals surface area contributed by atoms with Gasteiger partial charge in [0.2, 0.25) is 0 Å². The highest BCUT2D eigenvalue weighted by molar-refractivity contribution is 5.37. The lowest BCUT2D eigenvalue weighted by Gasteiger charge is -2.11. The number of aromatic nitrogens is 3. The van der Waals surface area contributed by atoms with Crippen molar-refractivity contribution in [2.24, 2.45) is 0 Å². The molecule has 0 amide bonds. The number of nitrogens with one attached hydrogen (secondary N) is 1. The van der Waals surface area contributed by atoms with Gasteiger partial charge in [0.1, 0.15) is 17.5 Å². The molecule has 2 rings (SSSR count). The zero-order chi connectivity index (χ0) is 10.7. The molecule has 1 unspecified atom stereocenters. The van der Waals surface area contributed by atoms with E-state index in [9.17, 15) is 5.11 Å². The van der Waals surface area contributed by atoms with Crippen molar-refractivity contribution in [1.29, 1.82) is 0 Å². The number of para-hydroxylation sites is 1. The largest absolute Gasteiger partial charge is 0.496 e. The van der Waals surface area contributed by atoms with Crippen molar-refractivity contribution in [2.45, 2.75) is 6.10 Å². The van der Waals surface area contributed by atoms with E-state index in [1.54, 1.807) is 19.2 Å². The van der Waals surface area contributed by atoms with Gasteiger partial charge in [0.15, 0.2) is 0 Å².